The molecule has 1 rings (SSSR count). The van der Waals surface area contributed by atoms with Gasteiger partial charge in [0.05, 0.1) is 12.2 Å². The minimum absolute atomic E-state index is 0.105. The van der Waals surface area contributed by atoms with E-state index in [1.54, 1.807) is 0 Å². The first-order valence-corrected chi connectivity index (χ1v) is 5.80. The van der Waals surface area contributed by atoms with Gasteiger partial charge in [-0.25, -0.2) is 0 Å². The third-order valence-corrected chi connectivity index (χ3v) is 3.34. The molecule has 4 nitrogen and oxygen atoms in total. The predicted molar refractivity (Wildman–Crippen MR) is 56.4 cm³/mol. The van der Waals surface area contributed by atoms with Gasteiger partial charge >= 0.3 is 0 Å². The quantitative estimate of drug-likeness (QED) is 0.496. The molecule has 0 radical (unpaired) electrons. The Morgan fingerprint density at radius 1 is 1.27 bits per heavy atom. The maximum atomic E-state index is 10.1. The number of hydrogen-bond donors (Lipinski definition) is 4. The fourth-order valence-corrected chi connectivity index (χ4v) is 2.25. The Kier molecular flexibility index (Phi) is 4.99. The van der Waals surface area contributed by atoms with Crippen LogP contribution in [0.4, 0.5) is 0 Å². The summed E-state index contributed by atoms with van der Waals surface area (Å²) in [7, 11) is 0. The van der Waals surface area contributed by atoms with Gasteiger partial charge in [-0.2, -0.15) is 0 Å². The highest BCUT2D eigenvalue weighted by Gasteiger charge is 2.43. The van der Waals surface area contributed by atoms with Crippen LogP contribution in [0.2, 0.25) is 0 Å². The zero-order valence-corrected chi connectivity index (χ0v) is 9.10. The zero-order valence-electron chi connectivity index (χ0n) is 9.10. The minimum Gasteiger partial charge on any atom is -0.396 e. The predicted octanol–water partition coefficient (Wildman–Crippen LogP) is 0.176. The van der Waals surface area contributed by atoms with E-state index < -0.39 is 17.8 Å². The smallest absolute Gasteiger partial charge is 0.116 e. The van der Waals surface area contributed by atoms with Gasteiger partial charge in [-0.15, -0.1) is 0 Å². The summed E-state index contributed by atoms with van der Waals surface area (Å²) in [6.45, 7) is 0.105. The lowest BCUT2D eigenvalue weighted by Crippen LogP contribution is -2.53. The standard InChI is InChI=1S/C11H22O4/c12-8-4-2-6-10(14)11(15)7-3-1-5-9(11)13/h9-10,12-15H,1-8H2. The van der Waals surface area contributed by atoms with E-state index in [-0.39, 0.29) is 6.61 Å². The van der Waals surface area contributed by atoms with Crippen LogP contribution in [-0.4, -0.2) is 44.8 Å². The molecule has 4 heteroatoms. The van der Waals surface area contributed by atoms with Gasteiger partial charge in [0.15, 0.2) is 0 Å². The molecule has 4 N–H and O–H groups in total. The average molecular weight is 218 g/mol. The highest BCUT2D eigenvalue weighted by molar-refractivity contribution is 4.95. The molecule has 0 saturated heterocycles. The molecule has 0 bridgehead atoms. The fourth-order valence-electron chi connectivity index (χ4n) is 2.25. The molecule has 0 aromatic rings. The first-order valence-electron chi connectivity index (χ1n) is 5.80. The number of aliphatic hydroxyl groups excluding tert-OH is 3. The molecule has 3 unspecified atom stereocenters. The molecule has 1 aliphatic carbocycles. The first-order chi connectivity index (χ1) is 7.11. The Hall–Kier alpha value is -0.160. The maximum absolute atomic E-state index is 10.1. The SMILES string of the molecule is OCCCCC(O)C1(O)CCCCC1O. The van der Waals surface area contributed by atoms with Gasteiger partial charge in [0, 0.05) is 6.61 Å². The zero-order chi connectivity index (χ0) is 11.3. The average Bonchev–Trinajstić information content (AvgIpc) is 2.23. The molecule has 0 aromatic carbocycles. The molecular weight excluding hydrogens is 196 g/mol. The van der Waals surface area contributed by atoms with Crippen molar-refractivity contribution in [1.82, 2.24) is 0 Å². The molecule has 1 saturated carbocycles. The van der Waals surface area contributed by atoms with Crippen LogP contribution in [0.5, 0.6) is 0 Å². The van der Waals surface area contributed by atoms with Gasteiger partial charge in [-0.1, -0.05) is 12.8 Å². The summed E-state index contributed by atoms with van der Waals surface area (Å²) in [4.78, 5) is 0. The van der Waals surface area contributed by atoms with Crippen molar-refractivity contribution in [3.8, 4) is 0 Å². The van der Waals surface area contributed by atoms with Crippen LogP contribution in [0.25, 0.3) is 0 Å². The van der Waals surface area contributed by atoms with E-state index in [0.717, 1.165) is 12.8 Å². The lowest BCUT2D eigenvalue weighted by atomic mass is 9.77. The number of unbranched alkanes of at least 4 members (excludes halogenated alkanes) is 1. The van der Waals surface area contributed by atoms with Crippen LogP contribution in [0, 0.1) is 0 Å². The second kappa shape index (κ2) is 5.80. The Morgan fingerprint density at radius 3 is 2.60 bits per heavy atom. The lowest BCUT2D eigenvalue weighted by Gasteiger charge is -2.40. The molecule has 1 fully saturated rings. The maximum Gasteiger partial charge on any atom is 0.116 e. The Bertz CT molecular complexity index is 185. The summed E-state index contributed by atoms with van der Waals surface area (Å²) in [5, 5.41) is 38.3. The summed E-state index contributed by atoms with van der Waals surface area (Å²) in [5.74, 6) is 0. The van der Waals surface area contributed by atoms with E-state index in [2.05, 4.69) is 0 Å². The molecule has 0 spiro atoms. The van der Waals surface area contributed by atoms with Crippen LogP contribution in [0.1, 0.15) is 44.9 Å². The first kappa shape index (κ1) is 12.9. The van der Waals surface area contributed by atoms with Gasteiger partial charge in [0.25, 0.3) is 0 Å². The van der Waals surface area contributed by atoms with Gasteiger partial charge in [0.2, 0.25) is 0 Å². The summed E-state index contributed by atoms with van der Waals surface area (Å²) in [6.07, 6.45) is 2.85. The van der Waals surface area contributed by atoms with Crippen LogP contribution in [0.15, 0.2) is 0 Å². The van der Waals surface area contributed by atoms with Crippen LogP contribution in [0.3, 0.4) is 0 Å². The molecule has 90 valence electrons. The van der Waals surface area contributed by atoms with E-state index in [1.165, 1.54) is 0 Å². The lowest BCUT2D eigenvalue weighted by molar-refractivity contribution is -0.166. The minimum atomic E-state index is -1.33. The topological polar surface area (TPSA) is 80.9 Å². The van der Waals surface area contributed by atoms with Crippen molar-refractivity contribution in [1.29, 1.82) is 0 Å². The number of aliphatic hydroxyl groups is 4. The molecule has 0 heterocycles. The largest absolute Gasteiger partial charge is 0.396 e. The van der Waals surface area contributed by atoms with Gasteiger partial charge < -0.3 is 20.4 Å². The van der Waals surface area contributed by atoms with Crippen molar-refractivity contribution in [2.45, 2.75) is 62.8 Å². The highest BCUT2D eigenvalue weighted by Crippen LogP contribution is 2.33. The second-order valence-electron chi connectivity index (χ2n) is 4.49. The van der Waals surface area contributed by atoms with E-state index >= 15 is 0 Å². The van der Waals surface area contributed by atoms with Crippen LogP contribution in [-0.2, 0) is 0 Å². The number of rotatable bonds is 5. The monoisotopic (exact) mass is 218 g/mol. The van der Waals surface area contributed by atoms with Crippen molar-refractivity contribution in [2.75, 3.05) is 6.61 Å². The van der Waals surface area contributed by atoms with Gasteiger partial charge in [-0.3, -0.25) is 0 Å². The Balaban J connectivity index is 2.43. The second-order valence-corrected chi connectivity index (χ2v) is 4.49. The van der Waals surface area contributed by atoms with Crippen molar-refractivity contribution in [2.24, 2.45) is 0 Å². The van der Waals surface area contributed by atoms with E-state index in [1.807, 2.05) is 0 Å². The third kappa shape index (κ3) is 3.14. The normalized spacial score (nSPS) is 34.0. The summed E-state index contributed by atoms with van der Waals surface area (Å²) >= 11 is 0. The molecule has 0 aliphatic heterocycles. The molecule has 1 aliphatic rings. The summed E-state index contributed by atoms with van der Waals surface area (Å²) in [6, 6.07) is 0. The van der Waals surface area contributed by atoms with Crippen molar-refractivity contribution in [3.05, 3.63) is 0 Å². The number of hydrogen-bond acceptors (Lipinski definition) is 4. The highest BCUT2D eigenvalue weighted by atomic mass is 16.4. The molecular formula is C11H22O4. The van der Waals surface area contributed by atoms with E-state index in [4.69, 9.17) is 5.11 Å². The van der Waals surface area contributed by atoms with Crippen molar-refractivity contribution in [3.63, 3.8) is 0 Å². The van der Waals surface area contributed by atoms with Crippen LogP contribution >= 0.6 is 0 Å². The van der Waals surface area contributed by atoms with Crippen LogP contribution < -0.4 is 0 Å². The third-order valence-electron chi connectivity index (χ3n) is 3.34. The molecule has 0 amide bonds. The Labute approximate surface area is 90.6 Å². The van der Waals surface area contributed by atoms with Crippen molar-refractivity contribution >= 4 is 0 Å². The molecule has 0 aromatic heterocycles. The van der Waals surface area contributed by atoms with Gasteiger partial charge in [-0.05, 0) is 32.1 Å². The molecule has 3 atom stereocenters. The van der Waals surface area contributed by atoms with Crippen molar-refractivity contribution < 1.29 is 20.4 Å². The molecule has 15 heavy (non-hydrogen) atoms. The summed E-state index contributed by atoms with van der Waals surface area (Å²) in [5.41, 5.74) is -1.33. The van der Waals surface area contributed by atoms with E-state index in [9.17, 15) is 15.3 Å². The summed E-state index contributed by atoms with van der Waals surface area (Å²) < 4.78 is 0. The van der Waals surface area contributed by atoms with Gasteiger partial charge in [0.1, 0.15) is 5.60 Å². The Morgan fingerprint density at radius 2 is 2.00 bits per heavy atom. The fraction of sp³-hybridized carbons (Fsp3) is 1.00. The van der Waals surface area contributed by atoms with E-state index in [0.29, 0.717) is 32.1 Å².